The van der Waals surface area contributed by atoms with E-state index in [1.807, 2.05) is 11.8 Å². The summed E-state index contributed by atoms with van der Waals surface area (Å²) in [6.45, 7) is 6.71. The summed E-state index contributed by atoms with van der Waals surface area (Å²) in [7, 11) is 0. The second-order valence-electron chi connectivity index (χ2n) is 7.94. The molecule has 1 N–H and O–H groups in total. The molecule has 0 aliphatic carbocycles. The molecule has 0 bridgehead atoms. The Balaban J connectivity index is 2.72. The zero-order valence-electron chi connectivity index (χ0n) is 18.5. The predicted octanol–water partition coefficient (Wildman–Crippen LogP) is 8.48. The summed E-state index contributed by atoms with van der Waals surface area (Å²) in [5, 5.41) is 10.8. The summed E-state index contributed by atoms with van der Waals surface area (Å²) in [5.41, 5.74) is 3.86. The van der Waals surface area contributed by atoms with Crippen LogP contribution in [0.4, 0.5) is 0 Å². The molecule has 1 nitrogen and oxygen atoms in total. The Morgan fingerprint density at radius 2 is 1.22 bits per heavy atom. The average Bonchev–Trinajstić information content (AvgIpc) is 2.68. The van der Waals surface area contributed by atoms with Crippen molar-refractivity contribution in [3.8, 4) is 5.75 Å². The lowest BCUT2D eigenvalue weighted by molar-refractivity contribution is 0.456. The van der Waals surface area contributed by atoms with Crippen molar-refractivity contribution in [2.45, 2.75) is 122 Å². The topological polar surface area (TPSA) is 20.2 Å². The molecule has 0 radical (unpaired) electrons. The number of phenolic OH excluding ortho intramolecular Hbond substituents is 1. The van der Waals surface area contributed by atoms with Gasteiger partial charge in [0.2, 0.25) is 0 Å². The number of rotatable bonds is 16. The SMILES string of the molecule is CCCCCCCCc1cc(CC)c(O)c(CCCCCCCC)c1SC. The summed E-state index contributed by atoms with van der Waals surface area (Å²) in [5.74, 6) is 0.585. The Morgan fingerprint density at radius 3 is 1.74 bits per heavy atom. The smallest absolute Gasteiger partial charge is 0.123 e. The maximum Gasteiger partial charge on any atom is 0.123 e. The number of aryl methyl sites for hydroxylation is 2. The minimum absolute atomic E-state index is 0.585. The summed E-state index contributed by atoms with van der Waals surface area (Å²) >= 11 is 1.84. The van der Waals surface area contributed by atoms with Gasteiger partial charge in [-0.1, -0.05) is 91.0 Å². The summed E-state index contributed by atoms with van der Waals surface area (Å²) in [6.07, 6.45) is 21.2. The Morgan fingerprint density at radius 1 is 0.704 bits per heavy atom. The van der Waals surface area contributed by atoms with E-state index in [-0.39, 0.29) is 0 Å². The molecule has 1 rings (SSSR count). The first-order valence-electron chi connectivity index (χ1n) is 11.6. The standard InChI is InChI=1S/C25H44OS/c1-5-8-10-12-14-16-18-22-20-21(7-3)24(26)23(25(22)27-4)19-17-15-13-11-9-6-2/h20,26H,5-19H2,1-4H3. The first-order chi connectivity index (χ1) is 13.2. The minimum Gasteiger partial charge on any atom is -0.507 e. The molecule has 27 heavy (non-hydrogen) atoms. The van der Waals surface area contributed by atoms with Crippen molar-refractivity contribution >= 4 is 11.8 Å². The van der Waals surface area contributed by atoms with Gasteiger partial charge in [0.25, 0.3) is 0 Å². The molecule has 1 aromatic carbocycles. The number of hydrogen-bond donors (Lipinski definition) is 1. The van der Waals surface area contributed by atoms with Gasteiger partial charge >= 0.3 is 0 Å². The van der Waals surface area contributed by atoms with E-state index in [9.17, 15) is 5.11 Å². The second-order valence-corrected chi connectivity index (χ2v) is 8.76. The fourth-order valence-electron chi connectivity index (χ4n) is 3.96. The van der Waals surface area contributed by atoms with E-state index >= 15 is 0 Å². The van der Waals surface area contributed by atoms with Crippen LogP contribution >= 0.6 is 11.8 Å². The molecule has 0 unspecified atom stereocenters. The lowest BCUT2D eigenvalue weighted by atomic mass is 9.95. The van der Waals surface area contributed by atoms with E-state index in [1.165, 1.54) is 99.5 Å². The molecule has 0 spiro atoms. The predicted molar refractivity (Wildman–Crippen MR) is 123 cm³/mol. The molecular formula is C25H44OS. The van der Waals surface area contributed by atoms with Crippen molar-refractivity contribution in [3.63, 3.8) is 0 Å². The Hall–Kier alpha value is -0.630. The van der Waals surface area contributed by atoms with Gasteiger partial charge in [-0.25, -0.2) is 0 Å². The van der Waals surface area contributed by atoms with Gasteiger partial charge in [0.05, 0.1) is 0 Å². The van der Waals surface area contributed by atoms with Gasteiger partial charge in [-0.2, -0.15) is 0 Å². The fraction of sp³-hybridized carbons (Fsp3) is 0.760. The van der Waals surface area contributed by atoms with Crippen molar-refractivity contribution in [1.29, 1.82) is 0 Å². The van der Waals surface area contributed by atoms with Crippen LogP contribution in [0.2, 0.25) is 0 Å². The van der Waals surface area contributed by atoms with E-state index in [0.29, 0.717) is 5.75 Å². The van der Waals surface area contributed by atoms with Crippen LogP contribution in [0.1, 0.15) is 115 Å². The Kier molecular flexibility index (Phi) is 13.8. The third-order valence-electron chi connectivity index (χ3n) is 5.67. The first kappa shape index (κ1) is 24.4. The van der Waals surface area contributed by atoms with Crippen LogP contribution in [0.3, 0.4) is 0 Å². The second kappa shape index (κ2) is 15.3. The number of phenols is 1. The molecule has 0 aliphatic rings. The minimum atomic E-state index is 0.585. The highest BCUT2D eigenvalue weighted by Crippen LogP contribution is 2.37. The van der Waals surface area contributed by atoms with Crippen molar-refractivity contribution in [1.82, 2.24) is 0 Å². The van der Waals surface area contributed by atoms with E-state index in [2.05, 4.69) is 33.1 Å². The van der Waals surface area contributed by atoms with E-state index < -0.39 is 0 Å². The quantitative estimate of drug-likeness (QED) is 0.225. The molecule has 156 valence electrons. The van der Waals surface area contributed by atoms with Gasteiger partial charge in [-0.05, 0) is 49.5 Å². The van der Waals surface area contributed by atoms with E-state index in [0.717, 1.165) is 18.4 Å². The lowest BCUT2D eigenvalue weighted by Gasteiger charge is -2.18. The molecule has 0 aliphatic heterocycles. The first-order valence-corrected chi connectivity index (χ1v) is 12.8. The molecule has 0 saturated heterocycles. The highest BCUT2D eigenvalue weighted by molar-refractivity contribution is 7.98. The number of thioether (sulfide) groups is 1. The summed E-state index contributed by atoms with van der Waals surface area (Å²) in [6, 6.07) is 2.29. The molecule has 0 fully saturated rings. The van der Waals surface area contributed by atoms with Gasteiger partial charge in [0, 0.05) is 10.5 Å². The van der Waals surface area contributed by atoms with Crippen LogP contribution < -0.4 is 0 Å². The number of hydrogen-bond acceptors (Lipinski definition) is 2. The zero-order chi connectivity index (χ0) is 19.9. The molecule has 0 saturated carbocycles. The van der Waals surface area contributed by atoms with E-state index in [1.54, 1.807) is 0 Å². The highest BCUT2D eigenvalue weighted by Gasteiger charge is 2.16. The van der Waals surface area contributed by atoms with Crippen molar-refractivity contribution in [2.24, 2.45) is 0 Å². The van der Waals surface area contributed by atoms with Crippen molar-refractivity contribution < 1.29 is 5.11 Å². The Bertz CT molecular complexity index is 510. The third kappa shape index (κ3) is 8.94. The molecule has 1 aromatic rings. The fourth-order valence-corrected chi connectivity index (χ4v) is 4.83. The van der Waals surface area contributed by atoms with Gasteiger partial charge in [-0.3, -0.25) is 0 Å². The normalized spacial score (nSPS) is 11.3. The van der Waals surface area contributed by atoms with Crippen LogP contribution in [-0.2, 0) is 19.3 Å². The highest BCUT2D eigenvalue weighted by atomic mass is 32.2. The molecular weight excluding hydrogens is 348 g/mol. The van der Waals surface area contributed by atoms with Crippen LogP contribution in [0, 0.1) is 0 Å². The largest absolute Gasteiger partial charge is 0.507 e. The van der Waals surface area contributed by atoms with Crippen molar-refractivity contribution in [2.75, 3.05) is 6.26 Å². The zero-order valence-corrected chi connectivity index (χ0v) is 19.4. The van der Waals surface area contributed by atoms with Gasteiger partial charge < -0.3 is 5.11 Å². The number of unbranched alkanes of at least 4 members (excludes halogenated alkanes) is 10. The van der Waals surface area contributed by atoms with Crippen molar-refractivity contribution in [3.05, 3.63) is 22.8 Å². The van der Waals surface area contributed by atoms with Gasteiger partial charge in [-0.15, -0.1) is 11.8 Å². The van der Waals surface area contributed by atoms with Crippen LogP contribution in [0.25, 0.3) is 0 Å². The molecule has 0 heterocycles. The molecule has 0 aromatic heterocycles. The van der Waals surface area contributed by atoms with Crippen LogP contribution in [0.5, 0.6) is 5.75 Å². The monoisotopic (exact) mass is 392 g/mol. The summed E-state index contributed by atoms with van der Waals surface area (Å²) in [4.78, 5) is 1.37. The number of benzene rings is 1. The van der Waals surface area contributed by atoms with Gasteiger partial charge in [0.1, 0.15) is 5.75 Å². The molecule has 2 heteroatoms. The average molecular weight is 393 g/mol. The van der Waals surface area contributed by atoms with Crippen LogP contribution in [-0.4, -0.2) is 11.4 Å². The summed E-state index contributed by atoms with van der Waals surface area (Å²) < 4.78 is 0. The number of aromatic hydroxyl groups is 1. The molecule has 0 atom stereocenters. The maximum absolute atomic E-state index is 10.8. The maximum atomic E-state index is 10.8. The third-order valence-corrected chi connectivity index (χ3v) is 6.59. The lowest BCUT2D eigenvalue weighted by Crippen LogP contribution is -2.00. The van der Waals surface area contributed by atoms with Gasteiger partial charge in [0.15, 0.2) is 0 Å². The molecule has 0 amide bonds. The Labute approximate surface area is 173 Å². The van der Waals surface area contributed by atoms with Crippen LogP contribution in [0.15, 0.2) is 11.0 Å². The van der Waals surface area contributed by atoms with E-state index in [4.69, 9.17) is 0 Å².